The van der Waals surface area contributed by atoms with E-state index in [9.17, 15) is 14.4 Å². The smallest absolute Gasteiger partial charge is 0.334 e. The van der Waals surface area contributed by atoms with Gasteiger partial charge in [-0.2, -0.15) is 0 Å². The third-order valence-corrected chi connectivity index (χ3v) is 2.40. The molecule has 17 heavy (non-hydrogen) atoms. The van der Waals surface area contributed by atoms with E-state index in [4.69, 9.17) is 0 Å². The molecular weight excluding hydrogens is 222 g/mol. The Bertz CT molecular complexity index is 302. The molecule has 0 saturated carbocycles. The normalized spacial score (nSPS) is 10.0. The minimum absolute atomic E-state index is 0.278. The summed E-state index contributed by atoms with van der Waals surface area (Å²) in [5.41, 5.74) is 0. The Hall–Kier alpha value is -1.59. The summed E-state index contributed by atoms with van der Waals surface area (Å²) in [6, 6.07) is -1.17. The van der Waals surface area contributed by atoms with Crippen molar-refractivity contribution in [3.05, 3.63) is 0 Å². The summed E-state index contributed by atoms with van der Waals surface area (Å²) >= 11 is 0. The van der Waals surface area contributed by atoms with Gasteiger partial charge in [-0.25, -0.2) is 14.5 Å². The van der Waals surface area contributed by atoms with E-state index < -0.39 is 12.1 Å². The number of carbonyl (C=O) groups is 3. The second-order valence-corrected chi connectivity index (χ2v) is 4.28. The molecule has 0 aliphatic rings. The van der Waals surface area contributed by atoms with Crippen LogP contribution >= 0.6 is 0 Å². The standard InChI is InChI=1S/C11H21N3O3/c1-8(2)6-7-9(15)13(4)11(17)14(5)10(16)12-3/h8H,6-7H2,1-5H3,(H,12,16). The van der Waals surface area contributed by atoms with Gasteiger partial charge in [-0.05, 0) is 12.3 Å². The van der Waals surface area contributed by atoms with E-state index in [2.05, 4.69) is 5.32 Å². The molecule has 0 radical (unpaired) electrons. The summed E-state index contributed by atoms with van der Waals surface area (Å²) in [6.07, 6.45) is 1.03. The lowest BCUT2D eigenvalue weighted by Gasteiger charge is -2.22. The molecule has 0 aromatic rings. The molecule has 0 aromatic carbocycles. The van der Waals surface area contributed by atoms with Crippen LogP contribution in [0.5, 0.6) is 0 Å². The van der Waals surface area contributed by atoms with E-state index >= 15 is 0 Å². The molecule has 0 fully saturated rings. The molecule has 0 aliphatic carbocycles. The molecule has 0 bridgehead atoms. The molecule has 0 saturated heterocycles. The van der Waals surface area contributed by atoms with Crippen LogP contribution in [0, 0.1) is 5.92 Å². The van der Waals surface area contributed by atoms with Crippen LogP contribution in [0.2, 0.25) is 0 Å². The maximum atomic E-state index is 11.7. The number of hydrogen-bond donors (Lipinski definition) is 1. The molecule has 0 aromatic heterocycles. The highest BCUT2D eigenvalue weighted by molar-refractivity contribution is 6.01. The van der Waals surface area contributed by atoms with Crippen LogP contribution < -0.4 is 5.32 Å². The van der Waals surface area contributed by atoms with Crippen LogP contribution in [0.3, 0.4) is 0 Å². The Morgan fingerprint density at radius 1 is 1.12 bits per heavy atom. The van der Waals surface area contributed by atoms with Gasteiger partial charge >= 0.3 is 12.1 Å². The minimum atomic E-state index is -0.627. The molecule has 0 spiro atoms. The first-order valence-electron chi connectivity index (χ1n) is 5.57. The highest BCUT2D eigenvalue weighted by Crippen LogP contribution is 2.06. The monoisotopic (exact) mass is 243 g/mol. The van der Waals surface area contributed by atoms with Gasteiger partial charge in [0.2, 0.25) is 5.91 Å². The molecule has 1 N–H and O–H groups in total. The van der Waals surface area contributed by atoms with Crippen LogP contribution in [0.1, 0.15) is 26.7 Å². The fourth-order valence-electron chi connectivity index (χ4n) is 1.17. The predicted molar refractivity (Wildman–Crippen MR) is 64.5 cm³/mol. The van der Waals surface area contributed by atoms with Crippen LogP contribution in [0.15, 0.2) is 0 Å². The summed E-state index contributed by atoms with van der Waals surface area (Å²) in [4.78, 5) is 36.4. The van der Waals surface area contributed by atoms with Crippen molar-refractivity contribution >= 4 is 18.0 Å². The lowest BCUT2D eigenvalue weighted by molar-refractivity contribution is -0.127. The molecule has 98 valence electrons. The van der Waals surface area contributed by atoms with Crippen LogP contribution in [-0.2, 0) is 4.79 Å². The maximum Gasteiger partial charge on any atom is 0.334 e. The minimum Gasteiger partial charge on any atom is -0.341 e. The molecule has 6 heteroatoms. The van der Waals surface area contributed by atoms with Gasteiger partial charge in [0.05, 0.1) is 0 Å². The molecular formula is C11H21N3O3. The number of imide groups is 2. The van der Waals surface area contributed by atoms with E-state index in [0.717, 1.165) is 16.2 Å². The Kier molecular flexibility index (Phi) is 6.23. The van der Waals surface area contributed by atoms with Crippen molar-refractivity contribution in [2.75, 3.05) is 21.1 Å². The van der Waals surface area contributed by atoms with Crippen molar-refractivity contribution in [2.45, 2.75) is 26.7 Å². The average molecular weight is 243 g/mol. The lowest BCUT2D eigenvalue weighted by Crippen LogP contribution is -2.47. The van der Waals surface area contributed by atoms with Crippen molar-refractivity contribution in [1.29, 1.82) is 0 Å². The summed E-state index contributed by atoms with van der Waals surface area (Å²) in [7, 11) is 4.13. The van der Waals surface area contributed by atoms with E-state index in [-0.39, 0.29) is 5.91 Å². The number of rotatable bonds is 3. The largest absolute Gasteiger partial charge is 0.341 e. The summed E-state index contributed by atoms with van der Waals surface area (Å²) in [5.74, 6) is 0.124. The number of hydrogen-bond acceptors (Lipinski definition) is 3. The van der Waals surface area contributed by atoms with E-state index in [1.165, 1.54) is 21.1 Å². The van der Waals surface area contributed by atoms with Crippen molar-refractivity contribution in [2.24, 2.45) is 5.92 Å². The van der Waals surface area contributed by atoms with Crippen molar-refractivity contribution < 1.29 is 14.4 Å². The van der Waals surface area contributed by atoms with Gasteiger partial charge in [-0.1, -0.05) is 13.8 Å². The third-order valence-electron chi connectivity index (χ3n) is 2.40. The van der Waals surface area contributed by atoms with E-state index in [1.807, 2.05) is 13.8 Å². The highest BCUT2D eigenvalue weighted by atomic mass is 16.2. The van der Waals surface area contributed by atoms with Gasteiger partial charge in [0.1, 0.15) is 0 Å². The number of nitrogens with zero attached hydrogens (tertiary/aromatic N) is 2. The first-order valence-corrected chi connectivity index (χ1v) is 5.57. The van der Waals surface area contributed by atoms with E-state index in [0.29, 0.717) is 12.3 Å². The fourth-order valence-corrected chi connectivity index (χ4v) is 1.17. The zero-order chi connectivity index (χ0) is 13.6. The zero-order valence-corrected chi connectivity index (χ0v) is 11.1. The van der Waals surface area contributed by atoms with Gasteiger partial charge in [-0.3, -0.25) is 9.69 Å². The molecule has 0 aliphatic heterocycles. The number of amides is 5. The zero-order valence-electron chi connectivity index (χ0n) is 11.1. The van der Waals surface area contributed by atoms with Crippen molar-refractivity contribution in [1.82, 2.24) is 15.1 Å². The van der Waals surface area contributed by atoms with Gasteiger partial charge in [0.15, 0.2) is 0 Å². The first-order chi connectivity index (χ1) is 7.81. The van der Waals surface area contributed by atoms with Crippen LogP contribution in [0.4, 0.5) is 9.59 Å². The third kappa shape index (κ3) is 4.84. The van der Waals surface area contributed by atoms with E-state index in [1.54, 1.807) is 0 Å². The molecule has 0 rings (SSSR count). The summed E-state index contributed by atoms with van der Waals surface area (Å²) in [5, 5.41) is 2.32. The van der Waals surface area contributed by atoms with Crippen LogP contribution in [0.25, 0.3) is 0 Å². The Balaban J connectivity index is 4.39. The Morgan fingerprint density at radius 3 is 2.06 bits per heavy atom. The van der Waals surface area contributed by atoms with Gasteiger partial charge < -0.3 is 5.32 Å². The lowest BCUT2D eigenvalue weighted by atomic mass is 10.1. The number of carbonyl (C=O) groups excluding carboxylic acids is 3. The molecule has 0 heterocycles. The maximum absolute atomic E-state index is 11.7. The Morgan fingerprint density at radius 2 is 1.65 bits per heavy atom. The van der Waals surface area contributed by atoms with Gasteiger partial charge in [0, 0.05) is 27.6 Å². The quantitative estimate of drug-likeness (QED) is 0.811. The first kappa shape index (κ1) is 15.4. The second kappa shape index (κ2) is 6.88. The van der Waals surface area contributed by atoms with Crippen LogP contribution in [-0.4, -0.2) is 48.9 Å². The molecule has 0 unspecified atom stereocenters. The Labute approximate surface area is 102 Å². The summed E-state index contributed by atoms with van der Waals surface area (Å²) in [6.45, 7) is 4.01. The predicted octanol–water partition coefficient (Wildman–Crippen LogP) is 1.27. The van der Waals surface area contributed by atoms with Gasteiger partial charge in [0.25, 0.3) is 0 Å². The number of urea groups is 2. The highest BCUT2D eigenvalue weighted by Gasteiger charge is 2.23. The SMILES string of the molecule is CNC(=O)N(C)C(=O)N(C)C(=O)CCC(C)C. The molecule has 0 atom stereocenters. The fraction of sp³-hybridized carbons (Fsp3) is 0.727. The summed E-state index contributed by atoms with van der Waals surface area (Å²) < 4.78 is 0. The number of nitrogens with one attached hydrogen (secondary N) is 1. The van der Waals surface area contributed by atoms with Crippen molar-refractivity contribution in [3.63, 3.8) is 0 Å². The molecule has 5 amide bonds. The van der Waals surface area contributed by atoms with Gasteiger partial charge in [-0.15, -0.1) is 0 Å². The molecule has 6 nitrogen and oxygen atoms in total. The second-order valence-electron chi connectivity index (χ2n) is 4.28. The van der Waals surface area contributed by atoms with Crippen molar-refractivity contribution in [3.8, 4) is 0 Å². The average Bonchev–Trinajstić information content (AvgIpc) is 2.31. The topological polar surface area (TPSA) is 69.7 Å².